The number of nitrogens with zero attached hydrogens (tertiary/aromatic N) is 1. The van der Waals surface area contributed by atoms with Crippen molar-refractivity contribution in [1.82, 2.24) is 4.98 Å². The van der Waals surface area contributed by atoms with Gasteiger partial charge in [0, 0.05) is 12.4 Å². The summed E-state index contributed by atoms with van der Waals surface area (Å²) in [4.78, 5) is 14.3. The number of aliphatic carboxylic acids is 1. The molecule has 11 heavy (non-hydrogen) atoms. The summed E-state index contributed by atoms with van der Waals surface area (Å²) in [6.07, 6.45) is 3.18. The molecule has 0 bridgehead atoms. The molecule has 0 aliphatic rings. The molecule has 0 saturated heterocycles. The van der Waals surface area contributed by atoms with Gasteiger partial charge in [-0.3, -0.25) is 9.78 Å². The highest BCUT2D eigenvalue weighted by atomic mass is 16.4. The van der Waals surface area contributed by atoms with Crippen molar-refractivity contribution in [2.75, 3.05) is 0 Å². The molecule has 0 aliphatic heterocycles. The second-order valence-corrected chi connectivity index (χ2v) is 2.34. The van der Waals surface area contributed by atoms with E-state index in [1.807, 2.05) is 0 Å². The van der Waals surface area contributed by atoms with E-state index in [-0.39, 0.29) is 0 Å². The second kappa shape index (κ2) is 3.14. The van der Waals surface area contributed by atoms with Gasteiger partial charge < -0.3 is 5.11 Å². The van der Waals surface area contributed by atoms with Gasteiger partial charge in [0.15, 0.2) is 0 Å². The first-order valence-electron chi connectivity index (χ1n) is 3.34. The van der Waals surface area contributed by atoms with E-state index in [0.29, 0.717) is 0 Å². The van der Waals surface area contributed by atoms with E-state index in [0.717, 1.165) is 5.56 Å². The fourth-order valence-corrected chi connectivity index (χ4v) is 0.795. The lowest BCUT2D eigenvalue weighted by Crippen LogP contribution is -2.06. The Hall–Kier alpha value is -1.38. The Balaban J connectivity index is 2.85. The zero-order valence-corrected chi connectivity index (χ0v) is 6.19. The molecule has 1 aromatic rings. The molecule has 0 spiro atoms. The van der Waals surface area contributed by atoms with Gasteiger partial charge in [-0.15, -0.1) is 0 Å². The van der Waals surface area contributed by atoms with Crippen LogP contribution in [-0.4, -0.2) is 16.1 Å². The van der Waals surface area contributed by atoms with E-state index in [9.17, 15) is 4.79 Å². The van der Waals surface area contributed by atoms with Crippen molar-refractivity contribution in [3.05, 3.63) is 30.1 Å². The molecule has 1 rings (SSSR count). The van der Waals surface area contributed by atoms with Gasteiger partial charge >= 0.3 is 5.97 Å². The summed E-state index contributed by atoms with van der Waals surface area (Å²) in [6, 6.07) is 3.41. The van der Waals surface area contributed by atoms with E-state index < -0.39 is 11.9 Å². The number of hydrogen-bond acceptors (Lipinski definition) is 2. The minimum atomic E-state index is -0.809. The van der Waals surface area contributed by atoms with Crippen LogP contribution in [0.1, 0.15) is 18.4 Å². The Labute approximate surface area is 64.7 Å². The number of carboxylic acid groups (broad SMARTS) is 1. The third kappa shape index (κ3) is 1.77. The third-order valence-corrected chi connectivity index (χ3v) is 1.58. The lowest BCUT2D eigenvalue weighted by Gasteiger charge is -2.03. The Morgan fingerprint density at radius 3 is 2.55 bits per heavy atom. The van der Waals surface area contributed by atoms with Crippen LogP contribution in [0.5, 0.6) is 0 Å². The van der Waals surface area contributed by atoms with Crippen LogP contribution in [0.4, 0.5) is 0 Å². The van der Waals surface area contributed by atoms with Crippen molar-refractivity contribution in [2.45, 2.75) is 12.8 Å². The van der Waals surface area contributed by atoms with Crippen LogP contribution < -0.4 is 0 Å². The van der Waals surface area contributed by atoms with Gasteiger partial charge in [0.1, 0.15) is 0 Å². The molecule has 0 radical (unpaired) electrons. The van der Waals surface area contributed by atoms with Crippen LogP contribution in [-0.2, 0) is 4.79 Å². The first-order valence-corrected chi connectivity index (χ1v) is 3.34. The first kappa shape index (κ1) is 7.72. The van der Waals surface area contributed by atoms with Crippen molar-refractivity contribution in [1.29, 1.82) is 0 Å². The Morgan fingerprint density at radius 2 is 2.09 bits per heavy atom. The van der Waals surface area contributed by atoms with Crippen LogP contribution in [0.3, 0.4) is 0 Å². The topological polar surface area (TPSA) is 50.2 Å². The van der Waals surface area contributed by atoms with Gasteiger partial charge in [-0.2, -0.15) is 0 Å². The lowest BCUT2D eigenvalue weighted by atomic mass is 10.0. The molecule has 1 aromatic heterocycles. The Kier molecular flexibility index (Phi) is 2.21. The molecule has 0 amide bonds. The molecule has 1 unspecified atom stereocenters. The molecule has 0 aliphatic carbocycles. The number of carbonyl (C=O) groups is 1. The normalized spacial score (nSPS) is 12.5. The zero-order chi connectivity index (χ0) is 8.27. The van der Waals surface area contributed by atoms with Gasteiger partial charge in [0.2, 0.25) is 0 Å². The molecule has 1 N–H and O–H groups in total. The molecular formula is C8H9NO2. The SMILES string of the molecule is CC(C(=O)O)c1ccncc1. The number of carboxylic acids is 1. The summed E-state index contributed by atoms with van der Waals surface area (Å²) >= 11 is 0. The fourth-order valence-electron chi connectivity index (χ4n) is 0.795. The van der Waals surface area contributed by atoms with Crippen molar-refractivity contribution in [3.63, 3.8) is 0 Å². The van der Waals surface area contributed by atoms with Crippen LogP contribution >= 0.6 is 0 Å². The Morgan fingerprint density at radius 1 is 1.55 bits per heavy atom. The van der Waals surface area contributed by atoms with Gasteiger partial charge in [-0.25, -0.2) is 0 Å². The molecule has 1 heterocycles. The van der Waals surface area contributed by atoms with Crippen LogP contribution in [0.15, 0.2) is 24.5 Å². The highest BCUT2D eigenvalue weighted by molar-refractivity contribution is 5.75. The first-order chi connectivity index (χ1) is 5.22. The van der Waals surface area contributed by atoms with Crippen LogP contribution in [0, 0.1) is 0 Å². The van der Waals surface area contributed by atoms with Gasteiger partial charge in [-0.05, 0) is 24.6 Å². The zero-order valence-electron chi connectivity index (χ0n) is 6.19. The van der Waals surface area contributed by atoms with Gasteiger partial charge in [0.25, 0.3) is 0 Å². The summed E-state index contributed by atoms with van der Waals surface area (Å²) in [5, 5.41) is 8.62. The monoisotopic (exact) mass is 151 g/mol. The van der Waals surface area contributed by atoms with Gasteiger partial charge in [-0.1, -0.05) is 0 Å². The largest absolute Gasteiger partial charge is 0.481 e. The van der Waals surface area contributed by atoms with E-state index in [1.54, 1.807) is 31.5 Å². The molecule has 58 valence electrons. The average molecular weight is 151 g/mol. The van der Waals surface area contributed by atoms with Crippen molar-refractivity contribution >= 4 is 5.97 Å². The number of rotatable bonds is 2. The standard InChI is InChI=1S/C8H9NO2/c1-6(8(10)11)7-2-4-9-5-3-7/h2-6H,1H3,(H,10,11). The number of hydrogen-bond donors (Lipinski definition) is 1. The highest BCUT2D eigenvalue weighted by Gasteiger charge is 2.11. The van der Waals surface area contributed by atoms with E-state index in [4.69, 9.17) is 5.11 Å². The number of pyridine rings is 1. The summed E-state index contributed by atoms with van der Waals surface area (Å²) in [5.41, 5.74) is 0.785. The molecule has 0 fully saturated rings. The van der Waals surface area contributed by atoms with Gasteiger partial charge in [0.05, 0.1) is 5.92 Å². The third-order valence-electron chi connectivity index (χ3n) is 1.58. The predicted octanol–water partition coefficient (Wildman–Crippen LogP) is 1.27. The van der Waals surface area contributed by atoms with Crippen molar-refractivity contribution in [2.24, 2.45) is 0 Å². The van der Waals surface area contributed by atoms with Crippen molar-refractivity contribution < 1.29 is 9.90 Å². The quantitative estimate of drug-likeness (QED) is 0.692. The molecular weight excluding hydrogens is 142 g/mol. The molecule has 0 aromatic carbocycles. The fraction of sp³-hybridized carbons (Fsp3) is 0.250. The van der Waals surface area contributed by atoms with E-state index in [2.05, 4.69) is 4.98 Å². The maximum atomic E-state index is 10.5. The molecule has 0 saturated carbocycles. The summed E-state index contributed by atoms with van der Waals surface area (Å²) < 4.78 is 0. The molecule has 1 atom stereocenters. The van der Waals surface area contributed by atoms with Crippen LogP contribution in [0.25, 0.3) is 0 Å². The maximum Gasteiger partial charge on any atom is 0.310 e. The minimum Gasteiger partial charge on any atom is -0.481 e. The average Bonchev–Trinajstić information content (AvgIpc) is 2.05. The minimum absolute atomic E-state index is 0.446. The van der Waals surface area contributed by atoms with E-state index >= 15 is 0 Å². The predicted molar refractivity (Wildman–Crippen MR) is 40.3 cm³/mol. The summed E-state index contributed by atoms with van der Waals surface area (Å²) in [5.74, 6) is -1.26. The Bertz CT molecular complexity index is 246. The summed E-state index contributed by atoms with van der Waals surface area (Å²) in [7, 11) is 0. The molecule has 3 nitrogen and oxygen atoms in total. The summed E-state index contributed by atoms with van der Waals surface area (Å²) in [6.45, 7) is 1.65. The smallest absolute Gasteiger partial charge is 0.310 e. The maximum absolute atomic E-state index is 10.5. The lowest BCUT2D eigenvalue weighted by molar-refractivity contribution is -0.138. The second-order valence-electron chi connectivity index (χ2n) is 2.34. The number of aromatic nitrogens is 1. The van der Waals surface area contributed by atoms with Crippen LogP contribution in [0.2, 0.25) is 0 Å². The van der Waals surface area contributed by atoms with E-state index in [1.165, 1.54) is 0 Å². The highest BCUT2D eigenvalue weighted by Crippen LogP contribution is 2.12. The molecule has 3 heteroatoms. The van der Waals surface area contributed by atoms with Crippen molar-refractivity contribution in [3.8, 4) is 0 Å².